The second-order valence-corrected chi connectivity index (χ2v) is 2.63. The summed E-state index contributed by atoms with van der Waals surface area (Å²) < 4.78 is 0. The fourth-order valence-corrected chi connectivity index (χ4v) is 1.08. The van der Waals surface area contributed by atoms with Crippen molar-refractivity contribution in [3.05, 3.63) is 24.2 Å². The molecule has 2 aromatic heterocycles. The third-order valence-corrected chi connectivity index (χ3v) is 1.67. The van der Waals surface area contributed by atoms with E-state index in [-0.39, 0.29) is 6.42 Å². The molecule has 0 fully saturated rings. The highest BCUT2D eigenvalue weighted by Gasteiger charge is 1.96. The largest absolute Gasteiger partial charge is 0.343 e. The fraction of sp³-hybridized carbons (Fsp3) is 0.100. The molecule has 2 heterocycles. The first kappa shape index (κ1) is 8.28. The van der Waals surface area contributed by atoms with Gasteiger partial charge in [-0.05, 0) is 6.07 Å². The van der Waals surface area contributed by atoms with E-state index >= 15 is 0 Å². The maximum Gasteiger partial charge on any atom is 0.177 e. The second kappa shape index (κ2) is 3.59. The summed E-state index contributed by atoms with van der Waals surface area (Å²) in [6.07, 6.45) is 3.47. The lowest BCUT2D eigenvalue weighted by Gasteiger charge is -1.88. The van der Waals surface area contributed by atoms with Crippen molar-refractivity contribution in [2.75, 3.05) is 0 Å². The van der Waals surface area contributed by atoms with Crippen molar-refractivity contribution in [2.24, 2.45) is 0 Å². The summed E-state index contributed by atoms with van der Waals surface area (Å²) in [5.41, 5.74) is 2.32. The van der Waals surface area contributed by atoms with E-state index in [1.165, 1.54) is 0 Å². The number of H-pyrrole nitrogens is 1. The molecule has 0 aliphatic carbocycles. The molecule has 0 bridgehead atoms. The Morgan fingerprint density at radius 2 is 2.36 bits per heavy atom. The van der Waals surface area contributed by atoms with E-state index in [1.54, 1.807) is 12.5 Å². The van der Waals surface area contributed by atoms with Crippen LogP contribution in [-0.4, -0.2) is 15.0 Å². The number of nitrogens with one attached hydrogen (secondary N) is 1. The van der Waals surface area contributed by atoms with Crippen LogP contribution in [0.4, 0.5) is 0 Å². The molecular weight excluding hydrogens is 176 g/mol. The van der Waals surface area contributed by atoms with Crippen LogP contribution < -0.4 is 0 Å². The van der Waals surface area contributed by atoms with Crippen LogP contribution in [0.2, 0.25) is 0 Å². The van der Waals surface area contributed by atoms with Crippen molar-refractivity contribution in [3.8, 4) is 17.9 Å². The highest BCUT2D eigenvalue weighted by Crippen LogP contribution is 2.06. The predicted molar refractivity (Wildman–Crippen MR) is 51.0 cm³/mol. The standard InChI is InChI=1S/C10H6N4/c11-4-2-1-3-8-5-9-10(12-6-8)14-7-13-9/h5-7H,2H2,(H,12,13,14). The Balaban J connectivity index is 2.37. The van der Waals surface area contributed by atoms with Gasteiger partial charge in [0.25, 0.3) is 0 Å². The Morgan fingerprint density at radius 3 is 3.21 bits per heavy atom. The zero-order valence-corrected chi connectivity index (χ0v) is 7.28. The molecule has 0 radical (unpaired) electrons. The van der Waals surface area contributed by atoms with Crippen LogP contribution in [0, 0.1) is 23.2 Å². The number of pyridine rings is 1. The van der Waals surface area contributed by atoms with Crippen molar-refractivity contribution < 1.29 is 0 Å². The maximum atomic E-state index is 8.30. The number of nitriles is 1. The van der Waals surface area contributed by atoms with Crippen LogP contribution in [0.15, 0.2) is 18.6 Å². The SMILES string of the molecule is N#CCC#Cc1cnc2nc[nH]c2c1. The molecule has 0 amide bonds. The van der Waals surface area contributed by atoms with Crippen molar-refractivity contribution in [3.63, 3.8) is 0 Å². The zero-order valence-electron chi connectivity index (χ0n) is 7.28. The molecular formula is C10H6N4. The summed E-state index contributed by atoms with van der Waals surface area (Å²) in [5.74, 6) is 5.57. The topological polar surface area (TPSA) is 65.4 Å². The number of hydrogen-bond donors (Lipinski definition) is 1. The van der Waals surface area contributed by atoms with Gasteiger partial charge in [0.2, 0.25) is 0 Å². The van der Waals surface area contributed by atoms with Gasteiger partial charge in [0.15, 0.2) is 5.65 Å². The van der Waals surface area contributed by atoms with Crippen LogP contribution >= 0.6 is 0 Å². The van der Waals surface area contributed by atoms with Crippen molar-refractivity contribution in [2.45, 2.75) is 6.42 Å². The van der Waals surface area contributed by atoms with Gasteiger partial charge in [-0.1, -0.05) is 11.8 Å². The molecule has 4 heteroatoms. The average molecular weight is 182 g/mol. The quantitative estimate of drug-likeness (QED) is 0.623. The predicted octanol–water partition coefficient (Wildman–Crippen LogP) is 1.22. The number of imidazole rings is 1. The lowest BCUT2D eigenvalue weighted by molar-refractivity contribution is 1.30. The lowest BCUT2D eigenvalue weighted by atomic mass is 10.2. The van der Waals surface area contributed by atoms with Gasteiger partial charge < -0.3 is 4.98 Å². The second-order valence-electron chi connectivity index (χ2n) is 2.63. The van der Waals surface area contributed by atoms with Crippen molar-refractivity contribution in [1.82, 2.24) is 15.0 Å². The van der Waals surface area contributed by atoms with Gasteiger partial charge in [-0.3, -0.25) is 0 Å². The highest BCUT2D eigenvalue weighted by molar-refractivity contribution is 5.71. The molecule has 0 aliphatic heterocycles. The molecule has 0 aliphatic rings. The molecule has 14 heavy (non-hydrogen) atoms. The lowest BCUT2D eigenvalue weighted by Crippen LogP contribution is -1.80. The number of nitrogens with zero attached hydrogens (tertiary/aromatic N) is 3. The van der Waals surface area contributed by atoms with Crippen molar-refractivity contribution in [1.29, 1.82) is 5.26 Å². The highest BCUT2D eigenvalue weighted by atomic mass is 14.9. The summed E-state index contributed by atoms with van der Waals surface area (Å²) in [4.78, 5) is 11.0. The molecule has 2 aromatic rings. The minimum absolute atomic E-state index is 0.237. The van der Waals surface area contributed by atoms with Crippen LogP contribution in [0.5, 0.6) is 0 Å². The van der Waals surface area contributed by atoms with Gasteiger partial charge in [0, 0.05) is 11.8 Å². The van der Waals surface area contributed by atoms with Crippen LogP contribution in [0.1, 0.15) is 12.0 Å². The molecule has 0 aromatic carbocycles. The Kier molecular flexibility index (Phi) is 2.12. The Morgan fingerprint density at radius 1 is 1.43 bits per heavy atom. The fourth-order valence-electron chi connectivity index (χ4n) is 1.08. The first-order chi connectivity index (χ1) is 6.90. The summed E-state index contributed by atoms with van der Waals surface area (Å²) in [6.45, 7) is 0. The van der Waals surface area contributed by atoms with E-state index in [0.29, 0.717) is 5.65 Å². The molecule has 0 spiro atoms. The van der Waals surface area contributed by atoms with Crippen LogP contribution in [-0.2, 0) is 0 Å². The summed E-state index contributed by atoms with van der Waals surface area (Å²) in [7, 11) is 0. The van der Waals surface area contributed by atoms with Gasteiger partial charge in [0.05, 0.1) is 24.3 Å². The molecule has 0 unspecified atom stereocenters. The minimum atomic E-state index is 0.237. The molecule has 2 rings (SSSR count). The summed E-state index contributed by atoms with van der Waals surface area (Å²) >= 11 is 0. The number of hydrogen-bond acceptors (Lipinski definition) is 3. The first-order valence-corrected chi connectivity index (χ1v) is 4.05. The Labute approximate surface area is 80.6 Å². The number of rotatable bonds is 0. The molecule has 1 N–H and O–H groups in total. The average Bonchev–Trinajstić information content (AvgIpc) is 2.65. The van der Waals surface area contributed by atoms with Crippen molar-refractivity contribution >= 4 is 11.2 Å². The molecule has 4 nitrogen and oxygen atoms in total. The van der Waals surface area contributed by atoms with E-state index in [2.05, 4.69) is 26.8 Å². The van der Waals surface area contributed by atoms with E-state index in [0.717, 1.165) is 11.1 Å². The van der Waals surface area contributed by atoms with Gasteiger partial charge in [0.1, 0.15) is 0 Å². The summed E-state index contributed by atoms with van der Waals surface area (Å²) in [5, 5.41) is 8.30. The Hall–Kier alpha value is -2.33. The van der Waals surface area contributed by atoms with Gasteiger partial charge >= 0.3 is 0 Å². The molecule has 0 atom stereocenters. The van der Waals surface area contributed by atoms with E-state index in [4.69, 9.17) is 5.26 Å². The van der Waals surface area contributed by atoms with Gasteiger partial charge in [-0.2, -0.15) is 5.26 Å². The zero-order chi connectivity index (χ0) is 9.80. The first-order valence-electron chi connectivity index (χ1n) is 4.05. The minimum Gasteiger partial charge on any atom is -0.343 e. The third-order valence-electron chi connectivity index (χ3n) is 1.67. The number of aromatic nitrogens is 3. The van der Waals surface area contributed by atoms with E-state index < -0.39 is 0 Å². The normalized spacial score (nSPS) is 9.07. The maximum absolute atomic E-state index is 8.30. The molecule has 0 saturated carbocycles. The van der Waals surface area contributed by atoms with Crippen LogP contribution in [0.25, 0.3) is 11.2 Å². The van der Waals surface area contributed by atoms with Gasteiger partial charge in [-0.25, -0.2) is 9.97 Å². The molecule has 66 valence electrons. The summed E-state index contributed by atoms with van der Waals surface area (Å²) in [6, 6.07) is 3.82. The Bertz CT molecular complexity index is 550. The monoisotopic (exact) mass is 182 g/mol. The third kappa shape index (κ3) is 1.55. The number of aromatic amines is 1. The van der Waals surface area contributed by atoms with E-state index in [9.17, 15) is 0 Å². The smallest absolute Gasteiger partial charge is 0.177 e. The number of fused-ring (bicyclic) bond motifs is 1. The van der Waals surface area contributed by atoms with E-state index in [1.807, 2.05) is 12.1 Å². The van der Waals surface area contributed by atoms with Crippen LogP contribution in [0.3, 0.4) is 0 Å². The molecule has 0 saturated heterocycles. The van der Waals surface area contributed by atoms with Gasteiger partial charge in [-0.15, -0.1) is 0 Å².